The Morgan fingerprint density at radius 2 is 0.897 bits per heavy atom. The van der Waals surface area contributed by atoms with Crippen LogP contribution < -0.4 is 119 Å². The van der Waals surface area contributed by atoms with E-state index < -0.39 is 85.9 Å². The van der Waals surface area contributed by atoms with Crippen LogP contribution in [-0.4, -0.2) is 0 Å². The van der Waals surface area contributed by atoms with Crippen LogP contribution in [0.1, 0.15) is 0 Å². The Balaban J connectivity index is 2.30. The number of fused-ring (bicyclic) bond motifs is 6. The Labute approximate surface area is 210 Å². The van der Waals surface area contributed by atoms with E-state index in [0.29, 0.717) is 0 Å². The average Bonchev–Trinajstić information content (AvgIpc) is 2.76. The normalized spacial score (nSPS) is 12.2. The van der Waals surface area contributed by atoms with Gasteiger partial charge in [-0.2, -0.15) is 0 Å². The number of halogens is 4. The van der Waals surface area contributed by atoms with E-state index in [1.165, 1.54) is 7.14 Å². The molecule has 0 unspecified atom stereocenters. The second-order valence-corrected chi connectivity index (χ2v) is 13.3. The van der Waals surface area contributed by atoms with Crippen LogP contribution >= 0.6 is 0 Å². The summed E-state index contributed by atoms with van der Waals surface area (Å²) in [5, 5.41) is 6.79. The van der Waals surface area contributed by atoms with Crippen LogP contribution in [0.25, 0.3) is 32.3 Å². The number of benzene rings is 4. The molecule has 0 radical (unpaired) electrons. The average molecular weight is 841 g/mol. The van der Waals surface area contributed by atoms with Gasteiger partial charge in [-0.25, -0.2) is 0 Å². The van der Waals surface area contributed by atoms with E-state index in [-0.39, 0.29) is 0 Å². The van der Waals surface area contributed by atoms with Crippen molar-refractivity contribution in [1.29, 1.82) is 0 Å². The van der Waals surface area contributed by atoms with E-state index >= 15 is 0 Å². The fourth-order valence-corrected chi connectivity index (χ4v) is 9.12. The zero-order chi connectivity index (χ0) is 20.7. The molecule has 0 aromatic heterocycles. The predicted molar refractivity (Wildman–Crippen MR) is 103 cm³/mol. The van der Waals surface area contributed by atoms with Crippen molar-refractivity contribution < 1.29 is 85.9 Å². The van der Waals surface area contributed by atoms with Crippen LogP contribution in [0, 0.1) is 14.3 Å². The first-order chi connectivity index (χ1) is 14.1. The monoisotopic (exact) mass is 841 g/mol. The summed E-state index contributed by atoms with van der Waals surface area (Å²) in [6.45, 7) is 0. The molecule has 7 nitrogen and oxygen atoms in total. The molecule has 29 heavy (non-hydrogen) atoms. The van der Waals surface area contributed by atoms with Crippen molar-refractivity contribution in [2.75, 3.05) is 11.2 Å². The number of rotatable bonds is 5. The van der Waals surface area contributed by atoms with Crippen molar-refractivity contribution in [3.05, 3.63) is 50.7 Å². The molecular formula is C18H19I4N7-4. The molecule has 0 atom stereocenters. The third-order valence-electron chi connectivity index (χ3n) is 4.80. The standard InChI is InChI=1S/C18H19I4N7/c23-17-5-11-7-1-13(19-24)14(20-25)2-8(7)12-6-18(29-28)16(22-27)4-10(12)9(11)3-15(17)21-26/h1-6,29H,23-28H2/q-4. The molecule has 4 aromatic rings. The van der Waals surface area contributed by atoms with Crippen molar-refractivity contribution in [1.82, 2.24) is 0 Å². The molecule has 0 aliphatic rings. The van der Waals surface area contributed by atoms with Crippen LogP contribution in [0.3, 0.4) is 0 Å². The van der Waals surface area contributed by atoms with Gasteiger partial charge in [0.2, 0.25) is 0 Å². The number of nitrogen functional groups attached to an aromatic ring is 2. The SMILES string of the molecule is NNc1cc2c(cc1[I-]N)c1cc([I-]N)c(N)cc1c1cc([I-]N)c([I-]N)cc21. The number of nitrogens with one attached hydrogen (secondary N) is 1. The number of nitrogens with two attached hydrogens (primary N) is 6. The molecule has 0 bridgehead atoms. The fraction of sp³-hybridized carbons (Fsp3) is 0. The number of hydrogen-bond donors (Lipinski definition) is 7. The molecule has 13 N–H and O–H groups in total. The molecule has 158 valence electrons. The van der Waals surface area contributed by atoms with Crippen molar-refractivity contribution in [3.63, 3.8) is 0 Å². The molecule has 0 heterocycles. The van der Waals surface area contributed by atoms with Gasteiger partial charge in [-0.05, 0) is 0 Å². The summed E-state index contributed by atoms with van der Waals surface area (Å²) in [6, 6.07) is 12.9. The van der Waals surface area contributed by atoms with Gasteiger partial charge < -0.3 is 0 Å². The number of anilines is 2. The minimum atomic E-state index is -0.642. The molecule has 0 saturated heterocycles. The van der Waals surface area contributed by atoms with Crippen LogP contribution in [0.5, 0.6) is 0 Å². The Morgan fingerprint density at radius 3 is 1.34 bits per heavy atom. The zero-order valence-electron chi connectivity index (χ0n) is 14.9. The summed E-state index contributed by atoms with van der Waals surface area (Å²) in [6.07, 6.45) is 0. The van der Waals surface area contributed by atoms with Gasteiger partial charge in [-0.1, -0.05) is 0 Å². The van der Waals surface area contributed by atoms with Gasteiger partial charge in [0, 0.05) is 0 Å². The molecule has 0 fully saturated rings. The second kappa shape index (κ2) is 9.23. The summed E-state index contributed by atoms with van der Waals surface area (Å²) in [7, 11) is 0. The molecule has 0 aliphatic heterocycles. The Hall–Kier alpha value is -0.0200. The van der Waals surface area contributed by atoms with E-state index in [1.807, 2.05) is 0 Å². The van der Waals surface area contributed by atoms with Gasteiger partial charge >= 0.3 is 213 Å². The molecule has 4 rings (SSSR count). The number of hydrogen-bond acceptors (Lipinski definition) is 7. The zero-order valence-corrected chi connectivity index (χ0v) is 23.6. The van der Waals surface area contributed by atoms with Crippen molar-refractivity contribution in [2.24, 2.45) is 21.6 Å². The first-order valence-corrected chi connectivity index (χ1v) is 17.5. The van der Waals surface area contributed by atoms with E-state index in [1.54, 1.807) is 0 Å². The fourth-order valence-electron chi connectivity index (χ4n) is 3.51. The minimum absolute atomic E-state index is 0.572. The number of hydrazine groups is 1. The predicted octanol–water partition coefficient (Wildman–Crippen LogP) is -11.5. The molecule has 0 amide bonds. The van der Waals surface area contributed by atoms with E-state index in [9.17, 15) is 0 Å². The van der Waals surface area contributed by atoms with Gasteiger partial charge in [0.15, 0.2) is 0 Å². The third-order valence-corrected chi connectivity index (χ3v) is 12.1. The van der Waals surface area contributed by atoms with E-state index in [2.05, 4.69) is 41.8 Å². The molecule has 0 spiro atoms. The Kier molecular flexibility index (Phi) is 7.06. The molecule has 11 heteroatoms. The van der Waals surface area contributed by atoms with Gasteiger partial charge in [0.05, 0.1) is 0 Å². The molecule has 0 aliphatic carbocycles. The van der Waals surface area contributed by atoms with Crippen LogP contribution in [0.4, 0.5) is 11.4 Å². The van der Waals surface area contributed by atoms with Crippen LogP contribution in [0.2, 0.25) is 0 Å². The van der Waals surface area contributed by atoms with E-state index in [4.69, 9.17) is 27.4 Å². The maximum absolute atomic E-state index is 6.33. The van der Waals surface area contributed by atoms with Gasteiger partial charge in [0.25, 0.3) is 0 Å². The van der Waals surface area contributed by atoms with Gasteiger partial charge in [0.1, 0.15) is 0 Å². The van der Waals surface area contributed by atoms with Crippen molar-refractivity contribution in [3.8, 4) is 0 Å². The summed E-state index contributed by atoms with van der Waals surface area (Å²) in [4.78, 5) is 0. The Bertz CT molecular complexity index is 1220. The summed E-state index contributed by atoms with van der Waals surface area (Å²) in [5.74, 6) is 5.80. The quantitative estimate of drug-likeness (QED) is 0.0262. The first kappa shape index (κ1) is 22.2. The third kappa shape index (κ3) is 3.86. The Morgan fingerprint density at radius 1 is 0.517 bits per heavy atom. The van der Waals surface area contributed by atoms with Gasteiger partial charge in [-0.15, -0.1) is 0 Å². The molecular weight excluding hydrogens is 822 g/mol. The van der Waals surface area contributed by atoms with Crippen LogP contribution in [0.15, 0.2) is 36.4 Å². The van der Waals surface area contributed by atoms with Crippen molar-refractivity contribution >= 4 is 43.7 Å². The second-order valence-electron chi connectivity index (χ2n) is 6.19. The van der Waals surface area contributed by atoms with Gasteiger partial charge in [-0.3, -0.25) is 0 Å². The van der Waals surface area contributed by atoms with Crippen LogP contribution in [-0.2, 0) is 0 Å². The van der Waals surface area contributed by atoms with Crippen molar-refractivity contribution in [2.45, 2.75) is 0 Å². The summed E-state index contributed by atoms with van der Waals surface area (Å²) >= 11 is -2.42. The maximum atomic E-state index is 6.33. The molecule has 4 aromatic carbocycles. The topological polar surface area (TPSA) is 168 Å². The van der Waals surface area contributed by atoms with E-state index in [0.717, 1.165) is 50.8 Å². The first-order valence-electron chi connectivity index (χ1n) is 8.17. The molecule has 0 saturated carbocycles. The summed E-state index contributed by atoms with van der Waals surface area (Å²) in [5.41, 5.74) is 10.8. The summed E-state index contributed by atoms with van der Waals surface area (Å²) < 4.78 is 28.9.